The van der Waals surface area contributed by atoms with Crippen LogP contribution < -0.4 is 0 Å². The van der Waals surface area contributed by atoms with E-state index in [0.717, 1.165) is 14.8 Å². The van der Waals surface area contributed by atoms with Gasteiger partial charge in [0.05, 0.1) is 9.26 Å². The zero-order valence-electron chi connectivity index (χ0n) is 7.97. The fraction of sp³-hybridized carbons (Fsp3) is 0. The fourth-order valence-corrected chi connectivity index (χ4v) is 1.64. The largest absolute Gasteiger partial charge is 0.263 e. The van der Waals surface area contributed by atoms with Gasteiger partial charge in [-0.3, -0.25) is 9.98 Å². The van der Waals surface area contributed by atoms with E-state index in [1.165, 1.54) is 0 Å². The van der Waals surface area contributed by atoms with E-state index < -0.39 is 0 Å². The van der Waals surface area contributed by atoms with Crippen molar-refractivity contribution in [2.75, 3.05) is 0 Å². The zero-order valence-corrected chi connectivity index (χ0v) is 10.1. The molecule has 0 bridgehead atoms. The Kier molecular flexibility index (Phi) is 3.45. The van der Waals surface area contributed by atoms with Gasteiger partial charge in [0.1, 0.15) is 0 Å². The van der Waals surface area contributed by atoms with Crippen molar-refractivity contribution in [2.24, 2.45) is 4.99 Å². The molecule has 0 fully saturated rings. The summed E-state index contributed by atoms with van der Waals surface area (Å²) < 4.78 is 1.06. The number of hydrogen-bond donors (Lipinski definition) is 0. The lowest BCUT2D eigenvalue weighted by Gasteiger charge is -1.96. The molecule has 0 radical (unpaired) electrons. The predicted molar refractivity (Wildman–Crippen MR) is 70.7 cm³/mol. The molecule has 0 saturated heterocycles. The normalized spacial score (nSPS) is 10.7. The van der Waals surface area contributed by atoms with E-state index in [-0.39, 0.29) is 0 Å². The van der Waals surface area contributed by atoms with Gasteiger partial charge >= 0.3 is 0 Å². The summed E-state index contributed by atoms with van der Waals surface area (Å²) in [6, 6.07) is 11.9. The Bertz CT molecular complexity index is 466. The van der Waals surface area contributed by atoms with Crippen LogP contribution in [0.25, 0.3) is 0 Å². The van der Waals surface area contributed by atoms with Crippen LogP contribution in [0.4, 0.5) is 5.69 Å². The molecule has 1 aromatic carbocycles. The lowest BCUT2D eigenvalue weighted by molar-refractivity contribution is 1.29. The molecule has 74 valence electrons. The summed E-state index contributed by atoms with van der Waals surface area (Å²) >= 11 is 2.23. The van der Waals surface area contributed by atoms with Gasteiger partial charge in [0.2, 0.25) is 0 Å². The molecule has 0 saturated carbocycles. The molecule has 1 heterocycles. The summed E-state index contributed by atoms with van der Waals surface area (Å²) in [4.78, 5) is 8.42. The van der Waals surface area contributed by atoms with Crippen molar-refractivity contribution in [1.82, 2.24) is 4.98 Å². The third-order valence-corrected chi connectivity index (χ3v) is 2.73. The Morgan fingerprint density at radius 1 is 1.13 bits per heavy atom. The zero-order chi connectivity index (χ0) is 10.5. The van der Waals surface area contributed by atoms with E-state index in [1.807, 2.05) is 42.6 Å². The highest BCUT2D eigenvalue weighted by atomic mass is 127. The van der Waals surface area contributed by atoms with E-state index in [0.29, 0.717) is 0 Å². The van der Waals surface area contributed by atoms with Crippen molar-refractivity contribution >= 4 is 34.5 Å². The molecule has 3 heteroatoms. The average Bonchev–Trinajstić information content (AvgIpc) is 2.29. The van der Waals surface area contributed by atoms with E-state index in [9.17, 15) is 0 Å². The minimum absolute atomic E-state index is 0.953. The molecule has 2 nitrogen and oxygen atoms in total. The van der Waals surface area contributed by atoms with E-state index in [1.54, 1.807) is 12.4 Å². The molecule has 0 unspecified atom stereocenters. The second-order valence-corrected chi connectivity index (χ2v) is 4.16. The van der Waals surface area contributed by atoms with Crippen LogP contribution in [0.2, 0.25) is 0 Å². The summed E-state index contributed by atoms with van der Waals surface area (Å²) in [5.41, 5.74) is 2.06. The van der Waals surface area contributed by atoms with Crippen LogP contribution in [0.3, 0.4) is 0 Å². The molecular formula is C12H9IN2. The second-order valence-electron chi connectivity index (χ2n) is 3.00. The maximum atomic E-state index is 4.40. The van der Waals surface area contributed by atoms with Crippen molar-refractivity contribution in [3.63, 3.8) is 0 Å². The summed E-state index contributed by atoms with van der Waals surface area (Å²) in [5, 5.41) is 0. The molecule has 0 aliphatic carbocycles. The molecule has 1 aromatic heterocycles. The van der Waals surface area contributed by atoms with E-state index in [2.05, 4.69) is 32.6 Å². The van der Waals surface area contributed by atoms with Crippen molar-refractivity contribution in [2.45, 2.75) is 0 Å². The molecule has 2 rings (SSSR count). The molecule has 0 aliphatic rings. The van der Waals surface area contributed by atoms with Crippen molar-refractivity contribution in [3.8, 4) is 0 Å². The Morgan fingerprint density at radius 2 is 1.93 bits per heavy atom. The number of benzene rings is 1. The quantitative estimate of drug-likeness (QED) is 0.616. The Labute approximate surface area is 102 Å². The smallest absolute Gasteiger partial charge is 0.0794 e. The lowest BCUT2D eigenvalue weighted by Crippen LogP contribution is -1.80. The van der Waals surface area contributed by atoms with Crippen LogP contribution in [0.15, 0.2) is 53.8 Å². The van der Waals surface area contributed by atoms with Crippen molar-refractivity contribution < 1.29 is 0 Å². The highest BCUT2D eigenvalue weighted by Gasteiger charge is 1.94. The molecule has 0 atom stereocenters. The minimum atomic E-state index is 0.953. The number of hydrogen-bond acceptors (Lipinski definition) is 2. The van der Waals surface area contributed by atoms with E-state index >= 15 is 0 Å². The summed E-state index contributed by atoms with van der Waals surface area (Å²) in [6.07, 6.45) is 5.41. The molecule has 0 amide bonds. The first kappa shape index (κ1) is 10.3. The molecule has 15 heavy (non-hydrogen) atoms. The molecule has 2 aromatic rings. The third kappa shape index (κ3) is 2.86. The number of rotatable bonds is 2. The first-order chi connectivity index (χ1) is 7.36. The van der Waals surface area contributed by atoms with Crippen LogP contribution in [0, 0.1) is 3.57 Å². The van der Waals surface area contributed by atoms with E-state index in [4.69, 9.17) is 0 Å². The monoisotopic (exact) mass is 308 g/mol. The molecule has 0 spiro atoms. The number of aromatic nitrogens is 1. The second kappa shape index (κ2) is 5.02. The number of halogens is 1. The SMILES string of the molecule is Ic1cnccc1N=Cc1ccccc1. The molecule has 0 N–H and O–H groups in total. The summed E-state index contributed by atoms with van der Waals surface area (Å²) in [7, 11) is 0. The maximum absolute atomic E-state index is 4.40. The van der Waals surface area contributed by atoms with Gasteiger partial charge in [-0.1, -0.05) is 30.3 Å². The standard InChI is InChI=1S/C12H9IN2/c13-11-9-14-7-6-12(11)15-8-10-4-2-1-3-5-10/h1-9H. The summed E-state index contributed by atoms with van der Waals surface area (Å²) in [5.74, 6) is 0. The average molecular weight is 308 g/mol. The highest BCUT2D eigenvalue weighted by molar-refractivity contribution is 14.1. The Balaban J connectivity index is 2.23. The van der Waals surface area contributed by atoms with Gasteiger partial charge in [0.25, 0.3) is 0 Å². The van der Waals surface area contributed by atoms with Crippen LogP contribution in [0.1, 0.15) is 5.56 Å². The maximum Gasteiger partial charge on any atom is 0.0794 e. The molecular weight excluding hydrogens is 299 g/mol. The molecule has 0 aliphatic heterocycles. The minimum Gasteiger partial charge on any atom is -0.263 e. The first-order valence-electron chi connectivity index (χ1n) is 4.55. The fourth-order valence-electron chi connectivity index (χ4n) is 1.16. The van der Waals surface area contributed by atoms with Crippen LogP contribution in [-0.2, 0) is 0 Å². The van der Waals surface area contributed by atoms with Gasteiger partial charge in [0, 0.05) is 18.6 Å². The highest BCUT2D eigenvalue weighted by Crippen LogP contribution is 2.18. The third-order valence-electron chi connectivity index (χ3n) is 1.90. The van der Waals surface area contributed by atoms with Crippen LogP contribution in [0.5, 0.6) is 0 Å². The van der Waals surface area contributed by atoms with Crippen molar-refractivity contribution in [1.29, 1.82) is 0 Å². The van der Waals surface area contributed by atoms with Crippen molar-refractivity contribution in [3.05, 3.63) is 57.9 Å². The van der Waals surface area contributed by atoms with Gasteiger partial charge in [-0.05, 0) is 34.2 Å². The van der Waals surface area contributed by atoms with Gasteiger partial charge in [-0.25, -0.2) is 0 Å². The number of aliphatic imine (C=N–C) groups is 1. The van der Waals surface area contributed by atoms with Gasteiger partial charge in [-0.15, -0.1) is 0 Å². The lowest BCUT2D eigenvalue weighted by atomic mass is 10.2. The van der Waals surface area contributed by atoms with Gasteiger partial charge in [-0.2, -0.15) is 0 Å². The number of nitrogens with zero attached hydrogens (tertiary/aromatic N) is 2. The van der Waals surface area contributed by atoms with Crippen LogP contribution in [-0.4, -0.2) is 11.2 Å². The number of pyridine rings is 1. The van der Waals surface area contributed by atoms with Gasteiger partial charge in [0.15, 0.2) is 0 Å². The van der Waals surface area contributed by atoms with Gasteiger partial charge < -0.3 is 0 Å². The Morgan fingerprint density at radius 3 is 2.67 bits per heavy atom. The van der Waals surface area contributed by atoms with Crippen LogP contribution >= 0.6 is 22.6 Å². The predicted octanol–water partition coefficient (Wildman–Crippen LogP) is 3.44. The topological polar surface area (TPSA) is 25.2 Å². The first-order valence-corrected chi connectivity index (χ1v) is 5.63. The Hall–Kier alpha value is -1.23. The summed E-state index contributed by atoms with van der Waals surface area (Å²) in [6.45, 7) is 0.